The Labute approximate surface area is 123 Å². The zero-order valence-corrected chi connectivity index (χ0v) is 12.9. The first-order chi connectivity index (χ1) is 9.60. The van der Waals surface area contributed by atoms with Crippen molar-refractivity contribution in [1.82, 2.24) is 9.55 Å². The maximum Gasteiger partial charge on any atom is 0.113 e. The highest BCUT2D eigenvalue weighted by Gasteiger charge is 2.12. The van der Waals surface area contributed by atoms with Crippen LogP contribution in [0.5, 0.6) is 0 Å². The van der Waals surface area contributed by atoms with Crippen LogP contribution in [0.2, 0.25) is 0 Å². The van der Waals surface area contributed by atoms with E-state index in [0.29, 0.717) is 6.54 Å². The van der Waals surface area contributed by atoms with Crippen molar-refractivity contribution < 1.29 is 0 Å². The maximum atomic E-state index is 5.75. The van der Waals surface area contributed by atoms with Crippen LogP contribution in [-0.4, -0.2) is 9.55 Å². The van der Waals surface area contributed by atoms with Crippen LogP contribution >= 0.6 is 11.3 Å². The second-order valence-electron chi connectivity index (χ2n) is 5.23. The Balaban J connectivity index is 2.12. The van der Waals surface area contributed by atoms with Crippen LogP contribution in [0.4, 0.5) is 0 Å². The standard InChI is InChI=1S/C16H19N3S/c1-10-9-20-16(18-10)8-19-12(3)11(2)14-6-13(7-17)4-5-15(14)19/h4-6,9H,7-8,17H2,1-3H3. The normalized spacial score (nSPS) is 11.4. The minimum Gasteiger partial charge on any atom is -0.338 e. The fourth-order valence-electron chi connectivity index (χ4n) is 2.64. The summed E-state index contributed by atoms with van der Waals surface area (Å²) in [5.74, 6) is 0. The van der Waals surface area contributed by atoms with Gasteiger partial charge in [0.25, 0.3) is 0 Å². The lowest BCUT2D eigenvalue weighted by molar-refractivity contribution is 0.791. The fraction of sp³-hybridized carbons (Fsp3) is 0.312. The molecule has 2 heterocycles. The summed E-state index contributed by atoms with van der Waals surface area (Å²) in [6.07, 6.45) is 0. The topological polar surface area (TPSA) is 43.8 Å². The molecule has 0 radical (unpaired) electrons. The Morgan fingerprint density at radius 1 is 1.25 bits per heavy atom. The fourth-order valence-corrected chi connectivity index (χ4v) is 3.40. The Kier molecular flexibility index (Phi) is 3.36. The first-order valence-electron chi connectivity index (χ1n) is 6.79. The summed E-state index contributed by atoms with van der Waals surface area (Å²) in [5.41, 5.74) is 11.9. The number of hydrogen-bond donors (Lipinski definition) is 1. The van der Waals surface area contributed by atoms with E-state index < -0.39 is 0 Å². The average molecular weight is 285 g/mol. The summed E-state index contributed by atoms with van der Waals surface area (Å²) in [4.78, 5) is 4.57. The minimum absolute atomic E-state index is 0.589. The maximum absolute atomic E-state index is 5.75. The minimum atomic E-state index is 0.589. The molecule has 0 bridgehead atoms. The molecule has 0 saturated carbocycles. The first kappa shape index (κ1) is 13.3. The molecule has 0 aliphatic heterocycles. The van der Waals surface area contributed by atoms with Crippen LogP contribution < -0.4 is 5.73 Å². The van der Waals surface area contributed by atoms with Crippen LogP contribution in [0, 0.1) is 20.8 Å². The van der Waals surface area contributed by atoms with Gasteiger partial charge in [0.05, 0.1) is 6.54 Å². The van der Waals surface area contributed by atoms with Crippen molar-refractivity contribution in [1.29, 1.82) is 0 Å². The summed E-state index contributed by atoms with van der Waals surface area (Å²) >= 11 is 1.73. The molecule has 0 aliphatic carbocycles. The summed E-state index contributed by atoms with van der Waals surface area (Å²) in [7, 11) is 0. The molecule has 4 heteroatoms. The molecule has 3 rings (SSSR count). The highest BCUT2D eigenvalue weighted by molar-refractivity contribution is 7.09. The van der Waals surface area contributed by atoms with Gasteiger partial charge >= 0.3 is 0 Å². The van der Waals surface area contributed by atoms with Gasteiger partial charge < -0.3 is 10.3 Å². The average Bonchev–Trinajstić information content (AvgIpc) is 2.96. The van der Waals surface area contributed by atoms with Crippen molar-refractivity contribution in [3.05, 3.63) is 51.1 Å². The summed E-state index contributed by atoms with van der Waals surface area (Å²) in [5, 5.41) is 4.57. The Morgan fingerprint density at radius 3 is 2.70 bits per heavy atom. The summed E-state index contributed by atoms with van der Waals surface area (Å²) in [6.45, 7) is 7.83. The van der Waals surface area contributed by atoms with Gasteiger partial charge in [-0.15, -0.1) is 11.3 Å². The molecule has 0 atom stereocenters. The van der Waals surface area contributed by atoms with E-state index in [1.807, 2.05) is 6.92 Å². The zero-order valence-electron chi connectivity index (χ0n) is 12.1. The molecule has 3 aromatic rings. The molecule has 104 valence electrons. The third-order valence-corrected chi connectivity index (χ3v) is 4.85. The van der Waals surface area contributed by atoms with Crippen molar-refractivity contribution in [2.24, 2.45) is 5.73 Å². The largest absolute Gasteiger partial charge is 0.338 e. The lowest BCUT2D eigenvalue weighted by atomic mass is 10.1. The van der Waals surface area contributed by atoms with E-state index >= 15 is 0 Å². The van der Waals surface area contributed by atoms with E-state index in [2.05, 4.69) is 47.0 Å². The Hall–Kier alpha value is -1.65. The lowest BCUT2D eigenvalue weighted by Gasteiger charge is -2.06. The van der Waals surface area contributed by atoms with Crippen LogP contribution in [-0.2, 0) is 13.1 Å². The second kappa shape index (κ2) is 5.04. The monoisotopic (exact) mass is 285 g/mol. The van der Waals surface area contributed by atoms with E-state index in [1.54, 1.807) is 11.3 Å². The van der Waals surface area contributed by atoms with Gasteiger partial charge in [0.15, 0.2) is 0 Å². The summed E-state index contributed by atoms with van der Waals surface area (Å²) < 4.78 is 2.35. The van der Waals surface area contributed by atoms with Gasteiger partial charge in [0.1, 0.15) is 5.01 Å². The third kappa shape index (κ3) is 2.15. The molecule has 0 unspecified atom stereocenters. The van der Waals surface area contributed by atoms with Crippen LogP contribution in [0.1, 0.15) is 27.5 Å². The molecule has 3 nitrogen and oxygen atoms in total. The summed E-state index contributed by atoms with van der Waals surface area (Å²) in [6, 6.07) is 6.50. The smallest absolute Gasteiger partial charge is 0.113 e. The molecular weight excluding hydrogens is 266 g/mol. The van der Waals surface area contributed by atoms with Gasteiger partial charge in [-0.1, -0.05) is 6.07 Å². The van der Waals surface area contributed by atoms with Gasteiger partial charge in [0, 0.05) is 34.2 Å². The van der Waals surface area contributed by atoms with Gasteiger partial charge in [-0.25, -0.2) is 4.98 Å². The van der Waals surface area contributed by atoms with Crippen molar-refractivity contribution in [3.8, 4) is 0 Å². The van der Waals surface area contributed by atoms with Crippen molar-refractivity contribution in [3.63, 3.8) is 0 Å². The molecule has 20 heavy (non-hydrogen) atoms. The molecular formula is C16H19N3S. The zero-order chi connectivity index (χ0) is 14.3. The molecule has 0 saturated heterocycles. The van der Waals surface area contributed by atoms with Crippen LogP contribution in [0.15, 0.2) is 23.6 Å². The van der Waals surface area contributed by atoms with E-state index in [9.17, 15) is 0 Å². The van der Waals surface area contributed by atoms with Crippen molar-refractivity contribution in [2.45, 2.75) is 33.9 Å². The number of hydrogen-bond acceptors (Lipinski definition) is 3. The van der Waals surface area contributed by atoms with Crippen LogP contribution in [0.25, 0.3) is 10.9 Å². The van der Waals surface area contributed by atoms with Crippen LogP contribution in [0.3, 0.4) is 0 Å². The van der Waals surface area contributed by atoms with E-state index in [1.165, 1.54) is 27.7 Å². The predicted molar refractivity (Wildman–Crippen MR) is 85.3 cm³/mol. The predicted octanol–water partition coefficient (Wildman–Crippen LogP) is 3.53. The first-order valence-corrected chi connectivity index (χ1v) is 7.67. The molecule has 0 spiro atoms. The number of benzene rings is 1. The van der Waals surface area contributed by atoms with E-state index in [-0.39, 0.29) is 0 Å². The number of aromatic nitrogens is 2. The second-order valence-corrected chi connectivity index (χ2v) is 6.18. The number of aryl methyl sites for hydroxylation is 2. The number of nitrogens with two attached hydrogens (primary N) is 1. The SMILES string of the molecule is Cc1csc(Cn2c(C)c(C)c3cc(CN)ccc32)n1. The highest BCUT2D eigenvalue weighted by Crippen LogP contribution is 2.27. The molecule has 0 fully saturated rings. The van der Waals surface area contributed by atoms with Gasteiger partial charge in [0.2, 0.25) is 0 Å². The molecule has 2 aromatic heterocycles. The van der Waals surface area contributed by atoms with Crippen molar-refractivity contribution in [2.75, 3.05) is 0 Å². The number of nitrogens with zero attached hydrogens (tertiary/aromatic N) is 2. The highest BCUT2D eigenvalue weighted by atomic mass is 32.1. The Bertz CT molecular complexity index is 767. The molecule has 0 amide bonds. The molecule has 0 aliphatic rings. The molecule has 1 aromatic carbocycles. The third-order valence-electron chi connectivity index (χ3n) is 3.90. The van der Waals surface area contributed by atoms with Crippen molar-refractivity contribution >= 4 is 22.2 Å². The Morgan fingerprint density at radius 2 is 2.05 bits per heavy atom. The number of rotatable bonds is 3. The van der Waals surface area contributed by atoms with E-state index in [0.717, 1.165) is 17.2 Å². The number of fused-ring (bicyclic) bond motifs is 1. The van der Waals surface area contributed by atoms with E-state index in [4.69, 9.17) is 5.73 Å². The number of thiazole rings is 1. The van der Waals surface area contributed by atoms with Gasteiger partial charge in [-0.05, 0) is 44.0 Å². The van der Waals surface area contributed by atoms with Gasteiger partial charge in [-0.2, -0.15) is 0 Å². The quantitative estimate of drug-likeness (QED) is 0.800. The van der Waals surface area contributed by atoms with Gasteiger partial charge in [-0.3, -0.25) is 0 Å². The molecule has 2 N–H and O–H groups in total. The lowest BCUT2D eigenvalue weighted by Crippen LogP contribution is -2.02.